The van der Waals surface area contributed by atoms with Gasteiger partial charge in [-0.2, -0.15) is 0 Å². The number of ether oxygens (including phenoxy) is 1. The van der Waals surface area contributed by atoms with Crippen LogP contribution in [0.5, 0.6) is 0 Å². The van der Waals surface area contributed by atoms with Crippen LogP contribution >= 0.6 is 12.4 Å². The zero-order valence-corrected chi connectivity index (χ0v) is 11.1. The molecule has 2 rings (SSSR count). The number of likely N-dealkylation sites (tertiary alicyclic amines) is 1. The first-order chi connectivity index (χ1) is 8.15. The first kappa shape index (κ1) is 14.9. The van der Waals surface area contributed by atoms with Crippen LogP contribution in [0.4, 0.5) is 4.39 Å². The Morgan fingerprint density at radius 1 is 1.28 bits per heavy atom. The molecule has 1 aliphatic heterocycles. The largest absolute Gasteiger partial charge is 0.459 e. The number of esters is 1. The third-order valence-electron chi connectivity index (χ3n) is 3.02. The van der Waals surface area contributed by atoms with Crippen LogP contribution in [-0.4, -0.2) is 37.1 Å². The Kier molecular flexibility index (Phi) is 5.56. The minimum absolute atomic E-state index is 0. The molecule has 1 aromatic rings. The Bertz CT molecular complexity index is 388. The molecule has 1 heterocycles. The van der Waals surface area contributed by atoms with Gasteiger partial charge in [0.1, 0.15) is 11.9 Å². The fraction of sp³-hybridized carbons (Fsp3) is 0.462. The quantitative estimate of drug-likeness (QED) is 0.776. The summed E-state index contributed by atoms with van der Waals surface area (Å²) in [7, 11) is 2.05. The average molecular weight is 274 g/mol. The van der Waals surface area contributed by atoms with E-state index in [9.17, 15) is 9.18 Å². The van der Waals surface area contributed by atoms with Gasteiger partial charge in [-0.05, 0) is 44.2 Å². The zero-order valence-electron chi connectivity index (χ0n) is 10.3. The van der Waals surface area contributed by atoms with Crippen molar-refractivity contribution in [1.82, 2.24) is 4.90 Å². The van der Waals surface area contributed by atoms with Crippen LogP contribution in [0, 0.1) is 5.82 Å². The van der Waals surface area contributed by atoms with Crippen molar-refractivity contribution in [2.24, 2.45) is 0 Å². The van der Waals surface area contributed by atoms with E-state index < -0.39 is 0 Å². The number of hydrogen-bond donors (Lipinski definition) is 0. The van der Waals surface area contributed by atoms with Crippen LogP contribution in [0.1, 0.15) is 23.2 Å². The standard InChI is InChI=1S/C13H16FNO2.ClH/c1-15-8-6-12(7-9-15)17-13(16)10-2-4-11(14)5-3-10;/h2-5,12H,6-9H2,1H3;1H. The fourth-order valence-electron chi connectivity index (χ4n) is 1.91. The summed E-state index contributed by atoms with van der Waals surface area (Å²) in [5, 5.41) is 0. The molecule has 0 aliphatic carbocycles. The summed E-state index contributed by atoms with van der Waals surface area (Å²) in [6.45, 7) is 1.89. The van der Waals surface area contributed by atoms with E-state index in [1.807, 2.05) is 0 Å². The number of halogens is 2. The zero-order chi connectivity index (χ0) is 12.3. The lowest BCUT2D eigenvalue weighted by molar-refractivity contribution is 0.0139. The second-order valence-electron chi connectivity index (χ2n) is 4.41. The van der Waals surface area contributed by atoms with Crippen molar-refractivity contribution >= 4 is 18.4 Å². The molecule has 100 valence electrons. The van der Waals surface area contributed by atoms with Crippen LogP contribution in [0.15, 0.2) is 24.3 Å². The third kappa shape index (κ3) is 3.96. The highest BCUT2D eigenvalue weighted by molar-refractivity contribution is 5.89. The molecule has 0 amide bonds. The molecule has 0 unspecified atom stereocenters. The Morgan fingerprint density at radius 2 is 1.83 bits per heavy atom. The molecule has 3 nitrogen and oxygen atoms in total. The van der Waals surface area contributed by atoms with Gasteiger partial charge in [-0.15, -0.1) is 12.4 Å². The lowest BCUT2D eigenvalue weighted by atomic mass is 10.1. The van der Waals surface area contributed by atoms with Gasteiger partial charge < -0.3 is 9.64 Å². The molecule has 1 aromatic carbocycles. The second-order valence-corrected chi connectivity index (χ2v) is 4.41. The maximum Gasteiger partial charge on any atom is 0.338 e. The number of piperidine rings is 1. The predicted molar refractivity (Wildman–Crippen MR) is 69.6 cm³/mol. The molecule has 0 N–H and O–H groups in total. The van der Waals surface area contributed by atoms with Crippen molar-refractivity contribution in [3.8, 4) is 0 Å². The van der Waals surface area contributed by atoms with Gasteiger partial charge in [0.05, 0.1) is 5.56 Å². The summed E-state index contributed by atoms with van der Waals surface area (Å²) in [5.74, 6) is -0.708. The average Bonchev–Trinajstić information content (AvgIpc) is 2.33. The monoisotopic (exact) mass is 273 g/mol. The molecule has 1 saturated heterocycles. The van der Waals surface area contributed by atoms with Gasteiger partial charge in [0.25, 0.3) is 0 Å². The van der Waals surface area contributed by atoms with Gasteiger partial charge in [-0.25, -0.2) is 9.18 Å². The van der Waals surface area contributed by atoms with Gasteiger partial charge in [0, 0.05) is 13.1 Å². The van der Waals surface area contributed by atoms with Crippen molar-refractivity contribution in [3.63, 3.8) is 0 Å². The van der Waals surface area contributed by atoms with Crippen LogP contribution in [0.2, 0.25) is 0 Å². The molecule has 5 heteroatoms. The predicted octanol–water partition coefficient (Wildman–Crippen LogP) is 2.50. The van der Waals surface area contributed by atoms with Gasteiger partial charge in [-0.1, -0.05) is 0 Å². The number of hydrogen-bond acceptors (Lipinski definition) is 3. The number of rotatable bonds is 2. The van der Waals surface area contributed by atoms with Crippen molar-refractivity contribution in [2.75, 3.05) is 20.1 Å². The highest BCUT2D eigenvalue weighted by Gasteiger charge is 2.20. The molecular formula is C13H17ClFNO2. The summed E-state index contributed by atoms with van der Waals surface area (Å²) in [6.07, 6.45) is 1.72. The molecule has 0 radical (unpaired) electrons. The highest BCUT2D eigenvalue weighted by atomic mass is 35.5. The van der Waals surface area contributed by atoms with Gasteiger partial charge >= 0.3 is 5.97 Å². The lowest BCUT2D eigenvalue weighted by Gasteiger charge is -2.28. The second kappa shape index (κ2) is 6.71. The minimum atomic E-state index is -0.362. The van der Waals surface area contributed by atoms with E-state index in [0.717, 1.165) is 25.9 Å². The van der Waals surface area contributed by atoms with Crippen LogP contribution in [0.3, 0.4) is 0 Å². The molecule has 1 fully saturated rings. The summed E-state index contributed by atoms with van der Waals surface area (Å²) in [6, 6.07) is 5.44. The van der Waals surface area contributed by atoms with E-state index >= 15 is 0 Å². The maximum absolute atomic E-state index is 12.7. The molecule has 0 bridgehead atoms. The lowest BCUT2D eigenvalue weighted by Crippen LogP contribution is -2.35. The molecule has 0 atom stereocenters. The normalized spacial score (nSPS) is 17.0. The van der Waals surface area contributed by atoms with E-state index in [-0.39, 0.29) is 30.3 Å². The number of benzene rings is 1. The molecular weight excluding hydrogens is 257 g/mol. The number of carbonyl (C=O) groups is 1. The van der Waals surface area contributed by atoms with Crippen molar-refractivity contribution in [2.45, 2.75) is 18.9 Å². The Morgan fingerprint density at radius 3 is 2.39 bits per heavy atom. The molecule has 0 spiro atoms. The summed E-state index contributed by atoms with van der Waals surface area (Å²) >= 11 is 0. The van der Waals surface area contributed by atoms with Crippen molar-refractivity contribution in [1.29, 1.82) is 0 Å². The summed E-state index contributed by atoms with van der Waals surface area (Å²) in [5.41, 5.74) is 0.408. The van der Waals surface area contributed by atoms with Crippen LogP contribution in [-0.2, 0) is 4.74 Å². The molecule has 1 aliphatic rings. The SMILES string of the molecule is CN1CCC(OC(=O)c2ccc(F)cc2)CC1.Cl. The van der Waals surface area contributed by atoms with E-state index in [2.05, 4.69) is 11.9 Å². The van der Waals surface area contributed by atoms with Crippen LogP contribution in [0.25, 0.3) is 0 Å². The van der Waals surface area contributed by atoms with Crippen molar-refractivity contribution < 1.29 is 13.9 Å². The van der Waals surface area contributed by atoms with E-state index in [1.165, 1.54) is 24.3 Å². The van der Waals surface area contributed by atoms with Crippen LogP contribution < -0.4 is 0 Å². The van der Waals surface area contributed by atoms with Crippen molar-refractivity contribution in [3.05, 3.63) is 35.6 Å². The Hall–Kier alpha value is -1.13. The highest BCUT2D eigenvalue weighted by Crippen LogP contribution is 2.14. The minimum Gasteiger partial charge on any atom is -0.459 e. The van der Waals surface area contributed by atoms with E-state index in [0.29, 0.717) is 5.56 Å². The van der Waals surface area contributed by atoms with Gasteiger partial charge in [0.15, 0.2) is 0 Å². The van der Waals surface area contributed by atoms with E-state index in [4.69, 9.17) is 4.74 Å². The fourth-order valence-corrected chi connectivity index (χ4v) is 1.91. The maximum atomic E-state index is 12.7. The van der Waals surface area contributed by atoms with Gasteiger partial charge in [-0.3, -0.25) is 0 Å². The molecule has 0 saturated carbocycles. The Balaban J connectivity index is 0.00000162. The topological polar surface area (TPSA) is 29.5 Å². The summed E-state index contributed by atoms with van der Waals surface area (Å²) < 4.78 is 18.1. The smallest absolute Gasteiger partial charge is 0.338 e. The Labute approximate surface area is 112 Å². The summed E-state index contributed by atoms with van der Waals surface area (Å²) in [4.78, 5) is 14.0. The first-order valence-electron chi connectivity index (χ1n) is 5.80. The first-order valence-corrected chi connectivity index (χ1v) is 5.80. The molecule has 0 aromatic heterocycles. The number of carbonyl (C=O) groups excluding carboxylic acids is 1. The van der Waals surface area contributed by atoms with E-state index in [1.54, 1.807) is 0 Å². The van der Waals surface area contributed by atoms with Gasteiger partial charge in [0.2, 0.25) is 0 Å². The molecule has 18 heavy (non-hydrogen) atoms. The number of nitrogens with zero attached hydrogens (tertiary/aromatic N) is 1. The third-order valence-corrected chi connectivity index (χ3v) is 3.02.